The maximum atomic E-state index is 6.31. The summed E-state index contributed by atoms with van der Waals surface area (Å²) in [6, 6.07) is 21.5. The third-order valence-electron chi connectivity index (χ3n) is 3.53. The summed E-state index contributed by atoms with van der Waals surface area (Å²) in [5.41, 5.74) is 9.32. The molecule has 0 unspecified atom stereocenters. The van der Waals surface area contributed by atoms with E-state index in [0.717, 1.165) is 22.4 Å². The van der Waals surface area contributed by atoms with Gasteiger partial charge in [0.05, 0.1) is 6.04 Å². The van der Waals surface area contributed by atoms with Crippen molar-refractivity contribution in [2.24, 2.45) is 5.73 Å². The van der Waals surface area contributed by atoms with Gasteiger partial charge in [0.25, 0.3) is 0 Å². The lowest BCUT2D eigenvalue weighted by molar-refractivity contribution is 0.458. The molecule has 2 aromatic carbocycles. The first-order valence-electron chi connectivity index (χ1n) is 7.24. The highest BCUT2D eigenvalue weighted by Crippen LogP contribution is 2.26. The molecular weight excluding hydrogens is 272 g/mol. The van der Waals surface area contributed by atoms with E-state index in [4.69, 9.17) is 10.5 Å². The number of nitrogens with zero attached hydrogens (tertiary/aromatic N) is 1. The molecule has 1 heterocycles. The Balaban J connectivity index is 1.83. The zero-order valence-electron chi connectivity index (χ0n) is 12.4. The van der Waals surface area contributed by atoms with Crippen molar-refractivity contribution >= 4 is 0 Å². The molecule has 1 aromatic heterocycles. The van der Waals surface area contributed by atoms with Crippen LogP contribution in [0.3, 0.4) is 0 Å². The summed E-state index contributed by atoms with van der Waals surface area (Å²) in [7, 11) is 0. The van der Waals surface area contributed by atoms with Crippen LogP contribution >= 0.6 is 0 Å². The average molecular weight is 290 g/mol. The van der Waals surface area contributed by atoms with Crippen LogP contribution in [0.25, 0.3) is 0 Å². The van der Waals surface area contributed by atoms with Gasteiger partial charge in [-0.15, -0.1) is 0 Å². The predicted octanol–water partition coefficient (Wildman–Crippen LogP) is 4.23. The van der Waals surface area contributed by atoms with Crippen molar-refractivity contribution in [3.05, 3.63) is 89.6 Å². The maximum Gasteiger partial charge on any atom is 0.222 e. The van der Waals surface area contributed by atoms with E-state index < -0.39 is 0 Å². The van der Waals surface area contributed by atoms with E-state index in [1.807, 2.05) is 73.7 Å². The van der Waals surface area contributed by atoms with Crippen molar-refractivity contribution in [1.29, 1.82) is 0 Å². The largest absolute Gasteiger partial charge is 0.439 e. The summed E-state index contributed by atoms with van der Waals surface area (Å²) in [6.07, 6.45) is 1.78. The molecule has 1 atom stereocenters. The molecule has 0 radical (unpaired) electrons. The molecule has 0 bridgehead atoms. The second kappa shape index (κ2) is 6.41. The van der Waals surface area contributed by atoms with E-state index >= 15 is 0 Å². The van der Waals surface area contributed by atoms with Crippen LogP contribution in [0.15, 0.2) is 72.9 Å². The summed E-state index contributed by atoms with van der Waals surface area (Å²) in [5, 5.41) is 0. The summed E-state index contributed by atoms with van der Waals surface area (Å²) in [5.74, 6) is 1.38. The lowest BCUT2D eigenvalue weighted by Crippen LogP contribution is -2.12. The van der Waals surface area contributed by atoms with Gasteiger partial charge < -0.3 is 10.5 Å². The van der Waals surface area contributed by atoms with Gasteiger partial charge >= 0.3 is 0 Å². The van der Waals surface area contributed by atoms with Crippen LogP contribution in [0.5, 0.6) is 11.6 Å². The Kier molecular flexibility index (Phi) is 4.17. The van der Waals surface area contributed by atoms with E-state index in [9.17, 15) is 0 Å². The first kappa shape index (κ1) is 14.3. The van der Waals surface area contributed by atoms with Crippen LogP contribution in [0, 0.1) is 6.92 Å². The number of hydrogen-bond donors (Lipinski definition) is 1. The number of aromatic nitrogens is 1. The minimum absolute atomic E-state index is 0.182. The molecule has 0 fully saturated rings. The van der Waals surface area contributed by atoms with Crippen molar-refractivity contribution in [3.8, 4) is 11.6 Å². The highest BCUT2D eigenvalue weighted by Gasteiger charge is 2.11. The standard InChI is InChI=1S/C19H18N2O/c1-14-12-16(18(20)15-8-4-2-5-9-15)13-21-19(14)22-17-10-6-3-7-11-17/h2-13,18H,20H2,1H3/t18-/m1/s1. The number of rotatable bonds is 4. The van der Waals surface area contributed by atoms with Gasteiger partial charge in [-0.2, -0.15) is 0 Å². The number of hydrogen-bond acceptors (Lipinski definition) is 3. The van der Waals surface area contributed by atoms with Crippen LogP contribution in [-0.4, -0.2) is 4.98 Å². The summed E-state index contributed by atoms with van der Waals surface area (Å²) in [6.45, 7) is 1.98. The van der Waals surface area contributed by atoms with Crippen molar-refractivity contribution in [2.75, 3.05) is 0 Å². The van der Waals surface area contributed by atoms with Crippen molar-refractivity contribution in [1.82, 2.24) is 4.98 Å². The van der Waals surface area contributed by atoms with Gasteiger partial charge in [0.1, 0.15) is 5.75 Å². The SMILES string of the molecule is Cc1cc([C@H](N)c2ccccc2)cnc1Oc1ccccc1. The van der Waals surface area contributed by atoms with Gasteiger partial charge in [-0.05, 0) is 36.2 Å². The monoisotopic (exact) mass is 290 g/mol. The predicted molar refractivity (Wildman–Crippen MR) is 88.0 cm³/mol. The van der Waals surface area contributed by atoms with E-state index in [-0.39, 0.29) is 6.04 Å². The molecule has 2 N–H and O–H groups in total. The highest BCUT2D eigenvalue weighted by molar-refractivity contribution is 5.37. The molecule has 110 valence electrons. The molecule has 3 rings (SSSR count). The fraction of sp³-hybridized carbons (Fsp3) is 0.105. The zero-order valence-corrected chi connectivity index (χ0v) is 12.4. The van der Waals surface area contributed by atoms with Crippen LogP contribution in [0.1, 0.15) is 22.7 Å². The molecule has 0 aliphatic rings. The molecule has 22 heavy (non-hydrogen) atoms. The molecule has 3 nitrogen and oxygen atoms in total. The van der Waals surface area contributed by atoms with Gasteiger partial charge in [-0.1, -0.05) is 48.5 Å². The Morgan fingerprint density at radius 1 is 0.909 bits per heavy atom. The first-order valence-corrected chi connectivity index (χ1v) is 7.24. The van der Waals surface area contributed by atoms with Gasteiger partial charge in [0.15, 0.2) is 0 Å². The van der Waals surface area contributed by atoms with Crippen LogP contribution in [0.4, 0.5) is 0 Å². The highest BCUT2D eigenvalue weighted by atomic mass is 16.5. The van der Waals surface area contributed by atoms with Gasteiger partial charge in [-0.25, -0.2) is 4.98 Å². The molecular formula is C19H18N2O. The second-order valence-electron chi connectivity index (χ2n) is 5.19. The number of benzene rings is 2. The fourth-order valence-corrected chi connectivity index (χ4v) is 2.31. The lowest BCUT2D eigenvalue weighted by Gasteiger charge is -2.14. The third-order valence-corrected chi connectivity index (χ3v) is 3.53. The summed E-state index contributed by atoms with van der Waals surface area (Å²) in [4.78, 5) is 4.42. The smallest absolute Gasteiger partial charge is 0.222 e. The Hall–Kier alpha value is -2.65. The van der Waals surface area contributed by atoms with Crippen LogP contribution in [-0.2, 0) is 0 Å². The fourth-order valence-electron chi connectivity index (χ4n) is 2.31. The van der Waals surface area contributed by atoms with E-state index in [2.05, 4.69) is 4.98 Å². The topological polar surface area (TPSA) is 48.1 Å². The van der Waals surface area contributed by atoms with Gasteiger partial charge in [-0.3, -0.25) is 0 Å². The Labute approximate surface area is 130 Å². The van der Waals surface area contributed by atoms with Crippen molar-refractivity contribution < 1.29 is 4.74 Å². The zero-order chi connectivity index (χ0) is 15.4. The van der Waals surface area contributed by atoms with Crippen LogP contribution < -0.4 is 10.5 Å². The minimum Gasteiger partial charge on any atom is -0.439 e. The Morgan fingerprint density at radius 3 is 2.18 bits per heavy atom. The number of nitrogens with two attached hydrogens (primary N) is 1. The molecule has 3 heteroatoms. The number of ether oxygens (including phenoxy) is 1. The van der Waals surface area contributed by atoms with Crippen molar-refractivity contribution in [2.45, 2.75) is 13.0 Å². The number of pyridine rings is 1. The van der Waals surface area contributed by atoms with E-state index in [0.29, 0.717) is 5.88 Å². The molecule has 3 aromatic rings. The first-order chi connectivity index (χ1) is 10.7. The molecule has 0 saturated carbocycles. The quantitative estimate of drug-likeness (QED) is 0.782. The van der Waals surface area contributed by atoms with Crippen LogP contribution in [0.2, 0.25) is 0 Å². The minimum atomic E-state index is -0.182. The normalized spacial score (nSPS) is 11.9. The molecule has 0 aliphatic heterocycles. The average Bonchev–Trinajstić information content (AvgIpc) is 2.58. The Bertz CT molecular complexity index is 742. The van der Waals surface area contributed by atoms with Crippen molar-refractivity contribution in [3.63, 3.8) is 0 Å². The summed E-state index contributed by atoms with van der Waals surface area (Å²) < 4.78 is 5.80. The molecule has 0 saturated heterocycles. The molecule has 0 aliphatic carbocycles. The molecule has 0 spiro atoms. The summed E-state index contributed by atoms with van der Waals surface area (Å²) >= 11 is 0. The lowest BCUT2D eigenvalue weighted by atomic mass is 10.0. The maximum absolute atomic E-state index is 6.31. The van der Waals surface area contributed by atoms with Gasteiger partial charge in [0, 0.05) is 11.8 Å². The van der Waals surface area contributed by atoms with E-state index in [1.54, 1.807) is 6.20 Å². The third kappa shape index (κ3) is 3.15. The molecule has 0 amide bonds. The number of aryl methyl sites for hydroxylation is 1. The van der Waals surface area contributed by atoms with E-state index in [1.165, 1.54) is 0 Å². The van der Waals surface area contributed by atoms with Gasteiger partial charge in [0.2, 0.25) is 5.88 Å². The Morgan fingerprint density at radius 2 is 1.55 bits per heavy atom. The second-order valence-corrected chi connectivity index (χ2v) is 5.19. The number of para-hydroxylation sites is 1.